The Morgan fingerprint density at radius 3 is 2.52 bits per heavy atom. The van der Waals surface area contributed by atoms with Gasteiger partial charge in [0.15, 0.2) is 0 Å². The Kier molecular flexibility index (Phi) is 11.3. The summed E-state index contributed by atoms with van der Waals surface area (Å²) in [5, 5.41) is 6.32. The van der Waals surface area contributed by atoms with Crippen molar-refractivity contribution in [3.63, 3.8) is 0 Å². The number of hydrogen-bond acceptors (Lipinski definition) is 3. The predicted octanol–water partition coefficient (Wildman–Crippen LogP) is 2.96. The highest BCUT2D eigenvalue weighted by Crippen LogP contribution is 2.16. The molecular formula is C17H29Cl2N3O. The van der Waals surface area contributed by atoms with E-state index in [-0.39, 0.29) is 30.7 Å². The van der Waals surface area contributed by atoms with Crippen molar-refractivity contribution in [3.05, 3.63) is 29.8 Å². The van der Waals surface area contributed by atoms with Gasteiger partial charge >= 0.3 is 0 Å². The van der Waals surface area contributed by atoms with Crippen LogP contribution in [0.2, 0.25) is 0 Å². The topological polar surface area (TPSA) is 44.4 Å². The third-order valence-corrected chi connectivity index (χ3v) is 4.03. The van der Waals surface area contributed by atoms with Crippen LogP contribution < -0.4 is 10.6 Å². The van der Waals surface area contributed by atoms with Crippen molar-refractivity contribution in [1.82, 2.24) is 10.2 Å². The lowest BCUT2D eigenvalue weighted by molar-refractivity contribution is -0.116. The van der Waals surface area contributed by atoms with Crippen LogP contribution in [0, 0.1) is 5.92 Å². The van der Waals surface area contributed by atoms with Crippen molar-refractivity contribution in [1.29, 1.82) is 0 Å². The zero-order valence-corrected chi connectivity index (χ0v) is 15.6. The SMILES string of the molecule is CN(C)CCc1ccc(NC(=O)CCC2CCNC2)cc1.Cl.Cl. The number of anilines is 1. The van der Waals surface area contributed by atoms with Crippen LogP contribution >= 0.6 is 24.8 Å². The van der Waals surface area contributed by atoms with Gasteiger partial charge in [-0.1, -0.05) is 12.1 Å². The van der Waals surface area contributed by atoms with Crippen LogP contribution in [0.1, 0.15) is 24.8 Å². The molecule has 1 aliphatic heterocycles. The van der Waals surface area contributed by atoms with Crippen LogP contribution in [-0.4, -0.2) is 44.5 Å². The number of carbonyl (C=O) groups is 1. The number of rotatable bonds is 7. The van der Waals surface area contributed by atoms with Crippen LogP contribution in [0.3, 0.4) is 0 Å². The van der Waals surface area contributed by atoms with E-state index in [1.165, 1.54) is 12.0 Å². The van der Waals surface area contributed by atoms with E-state index >= 15 is 0 Å². The van der Waals surface area contributed by atoms with Gasteiger partial charge in [0.1, 0.15) is 0 Å². The number of carbonyl (C=O) groups excluding carboxylic acids is 1. The highest BCUT2D eigenvalue weighted by Gasteiger charge is 2.15. The van der Waals surface area contributed by atoms with E-state index < -0.39 is 0 Å². The Labute approximate surface area is 152 Å². The second kappa shape index (κ2) is 11.7. The predicted molar refractivity (Wildman–Crippen MR) is 102 cm³/mol. The quantitative estimate of drug-likeness (QED) is 0.784. The molecule has 1 saturated heterocycles. The van der Waals surface area contributed by atoms with Gasteiger partial charge in [0.05, 0.1) is 0 Å². The zero-order valence-electron chi connectivity index (χ0n) is 14.0. The lowest BCUT2D eigenvalue weighted by atomic mass is 10.0. The number of nitrogens with one attached hydrogen (secondary N) is 2. The Hall–Kier alpha value is -0.810. The molecule has 1 aliphatic rings. The Balaban J connectivity index is 0.00000242. The van der Waals surface area contributed by atoms with Crippen LogP contribution in [0.4, 0.5) is 5.69 Å². The first-order chi connectivity index (χ1) is 10.1. The van der Waals surface area contributed by atoms with Crippen LogP contribution in [-0.2, 0) is 11.2 Å². The molecule has 6 heteroatoms. The van der Waals surface area contributed by atoms with Gasteiger partial charge in [-0.2, -0.15) is 0 Å². The zero-order chi connectivity index (χ0) is 15.1. The minimum absolute atomic E-state index is 0. The molecule has 1 amide bonds. The van der Waals surface area contributed by atoms with Crippen molar-refractivity contribution in [3.8, 4) is 0 Å². The first kappa shape index (κ1) is 22.2. The number of amides is 1. The van der Waals surface area contributed by atoms with Crippen molar-refractivity contribution in [2.75, 3.05) is 39.0 Å². The summed E-state index contributed by atoms with van der Waals surface area (Å²) in [6.45, 7) is 3.20. The molecule has 0 spiro atoms. The molecule has 1 atom stereocenters. The summed E-state index contributed by atoms with van der Waals surface area (Å²) in [7, 11) is 4.16. The van der Waals surface area contributed by atoms with Gasteiger partial charge < -0.3 is 15.5 Å². The molecule has 23 heavy (non-hydrogen) atoms. The minimum atomic E-state index is 0. The van der Waals surface area contributed by atoms with Crippen molar-refractivity contribution in [2.45, 2.75) is 25.7 Å². The highest BCUT2D eigenvalue weighted by molar-refractivity contribution is 5.90. The molecule has 0 bridgehead atoms. The molecular weight excluding hydrogens is 333 g/mol. The summed E-state index contributed by atoms with van der Waals surface area (Å²) in [5.41, 5.74) is 2.21. The molecule has 0 radical (unpaired) electrons. The van der Waals surface area contributed by atoms with Crippen molar-refractivity contribution < 1.29 is 4.79 Å². The van der Waals surface area contributed by atoms with Crippen molar-refractivity contribution in [2.24, 2.45) is 5.92 Å². The van der Waals surface area contributed by atoms with E-state index in [0.717, 1.165) is 38.2 Å². The first-order valence-corrected chi connectivity index (χ1v) is 7.88. The summed E-state index contributed by atoms with van der Waals surface area (Å²) < 4.78 is 0. The molecule has 1 heterocycles. The number of halogens is 2. The Bertz CT molecular complexity index is 446. The van der Waals surface area contributed by atoms with Gasteiger partial charge in [0, 0.05) is 18.7 Å². The van der Waals surface area contributed by atoms with Gasteiger partial charge in [-0.25, -0.2) is 0 Å². The Morgan fingerprint density at radius 2 is 1.96 bits per heavy atom. The van der Waals surface area contributed by atoms with E-state index in [1.807, 2.05) is 12.1 Å². The van der Waals surface area contributed by atoms with Crippen LogP contribution in [0.5, 0.6) is 0 Å². The van der Waals surface area contributed by atoms with Gasteiger partial charge in [-0.3, -0.25) is 4.79 Å². The van der Waals surface area contributed by atoms with E-state index in [4.69, 9.17) is 0 Å². The molecule has 0 saturated carbocycles. The van der Waals surface area contributed by atoms with Crippen LogP contribution in [0.25, 0.3) is 0 Å². The first-order valence-electron chi connectivity index (χ1n) is 7.88. The number of nitrogens with zero attached hydrogens (tertiary/aromatic N) is 1. The van der Waals surface area contributed by atoms with E-state index in [9.17, 15) is 4.79 Å². The second-order valence-corrected chi connectivity index (χ2v) is 6.20. The van der Waals surface area contributed by atoms with Crippen molar-refractivity contribution >= 4 is 36.4 Å². The summed E-state index contributed by atoms with van der Waals surface area (Å²) in [5.74, 6) is 0.798. The largest absolute Gasteiger partial charge is 0.326 e. The summed E-state index contributed by atoms with van der Waals surface area (Å²) >= 11 is 0. The molecule has 132 valence electrons. The number of benzene rings is 1. The molecule has 0 aromatic heterocycles. The fraction of sp³-hybridized carbons (Fsp3) is 0.588. The lowest BCUT2D eigenvalue weighted by Gasteiger charge is -2.11. The summed E-state index contributed by atoms with van der Waals surface area (Å²) in [4.78, 5) is 14.1. The average Bonchev–Trinajstić information content (AvgIpc) is 2.98. The van der Waals surface area contributed by atoms with E-state index in [1.54, 1.807) is 0 Å². The Morgan fingerprint density at radius 1 is 1.26 bits per heavy atom. The molecule has 2 N–H and O–H groups in total. The maximum atomic E-state index is 11.9. The third kappa shape index (κ3) is 8.56. The summed E-state index contributed by atoms with van der Waals surface area (Å²) in [6.07, 6.45) is 3.85. The van der Waals surface area contributed by atoms with Gasteiger partial charge in [-0.15, -0.1) is 24.8 Å². The monoisotopic (exact) mass is 361 g/mol. The molecule has 1 aromatic carbocycles. The van der Waals surface area contributed by atoms with E-state index in [2.05, 4.69) is 41.8 Å². The molecule has 1 fully saturated rings. The normalized spacial score (nSPS) is 16.6. The molecule has 1 aromatic rings. The van der Waals surface area contributed by atoms with Crippen LogP contribution in [0.15, 0.2) is 24.3 Å². The maximum absolute atomic E-state index is 11.9. The summed E-state index contributed by atoms with van der Waals surface area (Å²) in [6, 6.07) is 8.19. The fourth-order valence-corrected chi connectivity index (χ4v) is 2.63. The molecule has 4 nitrogen and oxygen atoms in total. The molecule has 1 unspecified atom stereocenters. The van der Waals surface area contributed by atoms with Gasteiger partial charge in [-0.05, 0) is 70.1 Å². The maximum Gasteiger partial charge on any atom is 0.224 e. The molecule has 0 aliphatic carbocycles. The highest BCUT2D eigenvalue weighted by atomic mass is 35.5. The number of hydrogen-bond donors (Lipinski definition) is 2. The lowest BCUT2D eigenvalue weighted by Crippen LogP contribution is -2.15. The second-order valence-electron chi connectivity index (χ2n) is 6.20. The third-order valence-electron chi connectivity index (χ3n) is 4.03. The molecule has 2 rings (SSSR count). The smallest absolute Gasteiger partial charge is 0.224 e. The number of likely N-dealkylation sites (N-methyl/N-ethyl adjacent to an activating group) is 1. The fourth-order valence-electron chi connectivity index (χ4n) is 2.63. The van der Waals surface area contributed by atoms with Gasteiger partial charge in [0.2, 0.25) is 5.91 Å². The van der Waals surface area contributed by atoms with Gasteiger partial charge in [0.25, 0.3) is 0 Å². The minimum Gasteiger partial charge on any atom is -0.326 e. The average molecular weight is 362 g/mol. The van der Waals surface area contributed by atoms with E-state index in [0.29, 0.717) is 12.3 Å². The standard InChI is InChI=1S/C17H27N3O.2ClH/c1-20(2)12-10-14-3-6-16(7-4-14)19-17(21)8-5-15-9-11-18-13-15;;/h3-4,6-7,15,18H,5,8-13H2,1-2H3,(H,19,21);2*1H.